The summed E-state index contributed by atoms with van der Waals surface area (Å²) >= 11 is 1.60. The molecule has 2 rings (SSSR count). The molecule has 0 spiro atoms. The van der Waals surface area contributed by atoms with Crippen LogP contribution in [0.3, 0.4) is 0 Å². The first-order chi connectivity index (χ1) is 8.27. The molecular weight excluding hydrogens is 232 g/mol. The van der Waals surface area contributed by atoms with E-state index in [1.807, 2.05) is 35.2 Å². The van der Waals surface area contributed by atoms with Crippen LogP contribution in [0.5, 0.6) is 0 Å². The lowest BCUT2D eigenvalue weighted by atomic mass is 10.1. The standard InChI is InChI=1S/C13H16N2OS/c1-10(11-3-2-5-14-7-11)15-8-13(16)12-4-6-17-9-12/h2-7,9-10,13,15-16H,8H2,1H3. The molecule has 2 atom stereocenters. The molecule has 2 unspecified atom stereocenters. The van der Waals surface area contributed by atoms with E-state index in [-0.39, 0.29) is 6.04 Å². The topological polar surface area (TPSA) is 45.1 Å². The van der Waals surface area contributed by atoms with Crippen LogP contribution < -0.4 is 5.32 Å². The number of thiophene rings is 1. The largest absolute Gasteiger partial charge is 0.387 e. The van der Waals surface area contributed by atoms with Crippen molar-refractivity contribution in [3.05, 3.63) is 52.5 Å². The second-order valence-corrected chi connectivity index (χ2v) is 4.77. The monoisotopic (exact) mass is 248 g/mol. The van der Waals surface area contributed by atoms with Crippen LogP contribution in [-0.4, -0.2) is 16.6 Å². The highest BCUT2D eigenvalue weighted by atomic mass is 32.1. The second kappa shape index (κ2) is 5.91. The van der Waals surface area contributed by atoms with E-state index >= 15 is 0 Å². The number of aliphatic hydroxyl groups is 1. The van der Waals surface area contributed by atoms with Crippen LogP contribution in [0.15, 0.2) is 41.4 Å². The Bertz CT molecular complexity index is 430. The molecule has 2 aromatic rings. The fourth-order valence-electron chi connectivity index (χ4n) is 1.62. The summed E-state index contributed by atoms with van der Waals surface area (Å²) in [6, 6.07) is 6.09. The van der Waals surface area contributed by atoms with E-state index in [1.165, 1.54) is 0 Å². The summed E-state index contributed by atoms with van der Waals surface area (Å²) in [5, 5.41) is 17.2. The van der Waals surface area contributed by atoms with Gasteiger partial charge in [-0.2, -0.15) is 11.3 Å². The first-order valence-electron chi connectivity index (χ1n) is 5.61. The Morgan fingerprint density at radius 2 is 2.29 bits per heavy atom. The molecule has 0 saturated carbocycles. The van der Waals surface area contributed by atoms with Crippen molar-refractivity contribution < 1.29 is 5.11 Å². The molecule has 0 bridgehead atoms. The number of hydrogen-bond donors (Lipinski definition) is 2. The summed E-state index contributed by atoms with van der Waals surface area (Å²) in [5.74, 6) is 0. The molecule has 0 aromatic carbocycles. The van der Waals surface area contributed by atoms with Gasteiger partial charge in [0.25, 0.3) is 0 Å². The van der Waals surface area contributed by atoms with Crippen molar-refractivity contribution in [1.29, 1.82) is 0 Å². The van der Waals surface area contributed by atoms with Crippen LogP contribution in [0, 0.1) is 0 Å². The maximum atomic E-state index is 9.93. The Labute approximate surface area is 105 Å². The lowest BCUT2D eigenvalue weighted by molar-refractivity contribution is 0.171. The van der Waals surface area contributed by atoms with Gasteiger partial charge in [0.2, 0.25) is 0 Å². The minimum Gasteiger partial charge on any atom is -0.387 e. The van der Waals surface area contributed by atoms with E-state index in [9.17, 15) is 5.11 Å². The summed E-state index contributed by atoms with van der Waals surface area (Å²) in [6.45, 7) is 2.62. The minimum absolute atomic E-state index is 0.192. The summed E-state index contributed by atoms with van der Waals surface area (Å²) in [6.07, 6.45) is 3.16. The molecule has 0 saturated heterocycles. The Kier molecular flexibility index (Phi) is 4.25. The molecule has 0 aliphatic rings. The van der Waals surface area contributed by atoms with Gasteiger partial charge in [-0.25, -0.2) is 0 Å². The molecular formula is C13H16N2OS. The molecule has 2 heterocycles. The number of aliphatic hydroxyl groups excluding tert-OH is 1. The van der Waals surface area contributed by atoms with E-state index in [4.69, 9.17) is 0 Å². The maximum Gasteiger partial charge on any atom is 0.0922 e. The first-order valence-corrected chi connectivity index (χ1v) is 6.55. The average Bonchev–Trinajstić information content (AvgIpc) is 2.90. The van der Waals surface area contributed by atoms with Crippen molar-refractivity contribution in [2.24, 2.45) is 0 Å². The van der Waals surface area contributed by atoms with E-state index in [2.05, 4.69) is 17.2 Å². The zero-order valence-electron chi connectivity index (χ0n) is 9.71. The average molecular weight is 248 g/mol. The third kappa shape index (κ3) is 3.36. The third-order valence-corrected chi connectivity index (χ3v) is 3.43. The van der Waals surface area contributed by atoms with Gasteiger partial charge in [0.15, 0.2) is 0 Å². The van der Waals surface area contributed by atoms with Gasteiger partial charge in [-0.05, 0) is 40.9 Å². The molecule has 2 N–H and O–H groups in total. The molecule has 4 heteroatoms. The molecule has 3 nitrogen and oxygen atoms in total. The zero-order valence-corrected chi connectivity index (χ0v) is 10.5. The van der Waals surface area contributed by atoms with E-state index in [0.29, 0.717) is 6.54 Å². The van der Waals surface area contributed by atoms with Gasteiger partial charge in [0, 0.05) is 25.0 Å². The minimum atomic E-state index is -0.444. The highest BCUT2D eigenvalue weighted by molar-refractivity contribution is 7.07. The lowest BCUT2D eigenvalue weighted by Gasteiger charge is -2.16. The number of nitrogens with zero attached hydrogens (tertiary/aromatic N) is 1. The maximum absolute atomic E-state index is 9.93. The second-order valence-electron chi connectivity index (χ2n) is 3.99. The zero-order chi connectivity index (χ0) is 12.1. The molecule has 0 aliphatic heterocycles. The van der Waals surface area contributed by atoms with Crippen LogP contribution in [-0.2, 0) is 0 Å². The highest BCUT2D eigenvalue weighted by Crippen LogP contribution is 2.17. The summed E-state index contributed by atoms with van der Waals surface area (Å²) in [5.41, 5.74) is 2.10. The quantitative estimate of drug-likeness (QED) is 0.854. The molecule has 0 amide bonds. The molecule has 2 aromatic heterocycles. The van der Waals surface area contributed by atoms with Crippen LogP contribution in [0.25, 0.3) is 0 Å². The first kappa shape index (κ1) is 12.2. The summed E-state index contributed by atoms with van der Waals surface area (Å²) in [7, 11) is 0. The van der Waals surface area contributed by atoms with Crippen molar-refractivity contribution in [2.75, 3.05) is 6.54 Å². The van der Waals surface area contributed by atoms with Crippen molar-refractivity contribution in [2.45, 2.75) is 19.1 Å². The fraction of sp³-hybridized carbons (Fsp3) is 0.308. The molecule has 0 radical (unpaired) electrons. The number of pyridine rings is 1. The van der Waals surface area contributed by atoms with Crippen LogP contribution in [0.2, 0.25) is 0 Å². The third-order valence-electron chi connectivity index (χ3n) is 2.73. The van der Waals surface area contributed by atoms with Crippen LogP contribution in [0.1, 0.15) is 30.2 Å². The predicted molar refractivity (Wildman–Crippen MR) is 69.9 cm³/mol. The van der Waals surface area contributed by atoms with E-state index < -0.39 is 6.10 Å². The molecule has 90 valence electrons. The number of nitrogens with one attached hydrogen (secondary N) is 1. The Morgan fingerprint density at radius 3 is 2.94 bits per heavy atom. The number of aromatic nitrogens is 1. The predicted octanol–water partition coefficient (Wildman–Crippen LogP) is 2.53. The van der Waals surface area contributed by atoms with Gasteiger partial charge in [-0.3, -0.25) is 4.98 Å². The van der Waals surface area contributed by atoms with E-state index in [0.717, 1.165) is 11.1 Å². The molecule has 0 fully saturated rings. The Balaban J connectivity index is 1.86. The Morgan fingerprint density at radius 1 is 1.41 bits per heavy atom. The number of rotatable bonds is 5. The van der Waals surface area contributed by atoms with Gasteiger partial charge in [-0.15, -0.1) is 0 Å². The molecule has 17 heavy (non-hydrogen) atoms. The normalized spacial score (nSPS) is 14.5. The number of hydrogen-bond acceptors (Lipinski definition) is 4. The Hall–Kier alpha value is -1.23. The van der Waals surface area contributed by atoms with Gasteiger partial charge in [0.05, 0.1) is 6.10 Å². The van der Waals surface area contributed by atoms with Crippen LogP contribution >= 0.6 is 11.3 Å². The lowest BCUT2D eigenvalue weighted by Crippen LogP contribution is -2.24. The highest BCUT2D eigenvalue weighted by Gasteiger charge is 2.10. The van der Waals surface area contributed by atoms with Crippen molar-refractivity contribution >= 4 is 11.3 Å². The SMILES string of the molecule is CC(NCC(O)c1ccsc1)c1cccnc1. The van der Waals surface area contributed by atoms with Gasteiger partial charge in [0.1, 0.15) is 0 Å². The van der Waals surface area contributed by atoms with E-state index in [1.54, 1.807) is 17.5 Å². The summed E-state index contributed by atoms with van der Waals surface area (Å²) < 4.78 is 0. The molecule has 0 aliphatic carbocycles. The smallest absolute Gasteiger partial charge is 0.0922 e. The van der Waals surface area contributed by atoms with Gasteiger partial charge in [-0.1, -0.05) is 6.07 Å². The van der Waals surface area contributed by atoms with Crippen molar-refractivity contribution in [3.63, 3.8) is 0 Å². The van der Waals surface area contributed by atoms with Crippen molar-refractivity contribution in [1.82, 2.24) is 10.3 Å². The fourth-order valence-corrected chi connectivity index (χ4v) is 2.33. The summed E-state index contributed by atoms with van der Waals surface area (Å²) in [4.78, 5) is 4.08. The van der Waals surface area contributed by atoms with Gasteiger partial charge >= 0.3 is 0 Å². The van der Waals surface area contributed by atoms with Gasteiger partial charge < -0.3 is 10.4 Å². The van der Waals surface area contributed by atoms with Crippen LogP contribution in [0.4, 0.5) is 0 Å². The van der Waals surface area contributed by atoms with Crippen molar-refractivity contribution in [3.8, 4) is 0 Å².